The van der Waals surface area contributed by atoms with Gasteiger partial charge in [-0.05, 0) is 50.8 Å². The van der Waals surface area contributed by atoms with E-state index in [-0.39, 0.29) is 5.54 Å². The zero-order valence-electron chi connectivity index (χ0n) is 16.5. The molecule has 0 radical (unpaired) electrons. The molecule has 150 valence electrons. The molecule has 1 fully saturated rings. The van der Waals surface area contributed by atoms with Gasteiger partial charge in [-0.1, -0.05) is 0 Å². The largest absolute Gasteiger partial charge is 0.479 e. The number of nitrogens with one attached hydrogen (secondary N) is 1. The summed E-state index contributed by atoms with van der Waals surface area (Å²) >= 11 is 0. The number of nitrogens with two attached hydrogens (primary N) is 1. The molecule has 5 rings (SSSR count). The Morgan fingerprint density at radius 2 is 2.03 bits per heavy atom. The molecule has 29 heavy (non-hydrogen) atoms. The van der Waals surface area contributed by atoms with E-state index in [0.717, 1.165) is 48.0 Å². The molecule has 0 spiro atoms. The molecule has 4 heterocycles. The molecule has 0 unspecified atom stereocenters. The second-order valence-electron chi connectivity index (χ2n) is 8.02. The molecule has 0 bridgehead atoms. The molecule has 9 heteroatoms. The Morgan fingerprint density at radius 3 is 2.83 bits per heavy atom. The van der Waals surface area contributed by atoms with Crippen molar-refractivity contribution < 1.29 is 4.74 Å². The van der Waals surface area contributed by atoms with Gasteiger partial charge in [0.2, 0.25) is 11.8 Å². The molecule has 0 aliphatic heterocycles. The lowest BCUT2D eigenvalue weighted by Crippen LogP contribution is -2.43. The summed E-state index contributed by atoms with van der Waals surface area (Å²) in [5.41, 5.74) is 9.76. The second-order valence-corrected chi connectivity index (χ2v) is 8.02. The molecule has 0 atom stereocenters. The molecular formula is C20H24N8O. The first kappa shape index (κ1) is 17.9. The van der Waals surface area contributed by atoms with Gasteiger partial charge in [0, 0.05) is 35.1 Å². The fraction of sp³-hybridized carbons (Fsp3) is 0.400. The Labute approximate surface area is 167 Å². The van der Waals surface area contributed by atoms with Crippen LogP contribution < -0.4 is 15.8 Å². The lowest BCUT2D eigenvalue weighted by Gasteiger charge is -2.34. The van der Waals surface area contributed by atoms with Gasteiger partial charge in [-0.3, -0.25) is 0 Å². The summed E-state index contributed by atoms with van der Waals surface area (Å²) in [6.07, 6.45) is 9.39. The van der Waals surface area contributed by atoms with E-state index in [2.05, 4.69) is 32.4 Å². The van der Waals surface area contributed by atoms with Crippen molar-refractivity contribution in [1.29, 1.82) is 0 Å². The number of nitrogens with zero attached hydrogens (tertiary/aromatic N) is 6. The minimum atomic E-state index is -0.0682. The second kappa shape index (κ2) is 6.70. The number of pyridine rings is 1. The molecule has 3 N–H and O–H groups in total. The van der Waals surface area contributed by atoms with Crippen molar-refractivity contribution in [1.82, 2.24) is 29.2 Å². The average Bonchev–Trinajstić information content (AvgIpc) is 3.35. The fourth-order valence-electron chi connectivity index (χ4n) is 4.01. The van der Waals surface area contributed by atoms with E-state index in [4.69, 9.17) is 10.5 Å². The molecule has 0 saturated heterocycles. The first-order chi connectivity index (χ1) is 14.0. The lowest BCUT2D eigenvalue weighted by atomic mass is 9.82. The van der Waals surface area contributed by atoms with Gasteiger partial charge in [0.25, 0.3) is 0 Å². The minimum absolute atomic E-state index is 0.0682. The SMILES string of the molecule is COc1nc(NC2CCC(C)(N)CC2)nn2ccc(-c3ccc4ncnn4c3)c12. The van der Waals surface area contributed by atoms with Crippen molar-refractivity contribution in [3.63, 3.8) is 0 Å². The summed E-state index contributed by atoms with van der Waals surface area (Å²) in [5.74, 6) is 1.09. The van der Waals surface area contributed by atoms with Crippen molar-refractivity contribution in [2.24, 2.45) is 5.73 Å². The molecule has 4 aromatic heterocycles. The van der Waals surface area contributed by atoms with Crippen LogP contribution in [0.2, 0.25) is 0 Å². The van der Waals surface area contributed by atoms with Crippen molar-refractivity contribution >= 4 is 17.1 Å². The van der Waals surface area contributed by atoms with Crippen LogP contribution in [0.4, 0.5) is 5.95 Å². The van der Waals surface area contributed by atoms with Crippen LogP contribution in [0.5, 0.6) is 5.88 Å². The van der Waals surface area contributed by atoms with E-state index >= 15 is 0 Å². The van der Waals surface area contributed by atoms with Gasteiger partial charge in [-0.2, -0.15) is 10.1 Å². The highest BCUT2D eigenvalue weighted by Crippen LogP contribution is 2.32. The number of fused-ring (bicyclic) bond motifs is 2. The van der Waals surface area contributed by atoms with E-state index in [1.807, 2.05) is 35.1 Å². The van der Waals surface area contributed by atoms with Gasteiger partial charge >= 0.3 is 0 Å². The smallest absolute Gasteiger partial charge is 0.244 e. The molecule has 0 amide bonds. The Hall–Kier alpha value is -3.20. The van der Waals surface area contributed by atoms with Crippen molar-refractivity contribution in [3.8, 4) is 17.0 Å². The molecule has 4 aromatic rings. The molecule has 1 aliphatic carbocycles. The van der Waals surface area contributed by atoms with Gasteiger partial charge in [-0.15, -0.1) is 5.10 Å². The maximum absolute atomic E-state index is 6.25. The fourth-order valence-corrected chi connectivity index (χ4v) is 4.01. The number of hydrogen-bond acceptors (Lipinski definition) is 7. The van der Waals surface area contributed by atoms with Crippen molar-refractivity contribution in [2.75, 3.05) is 12.4 Å². The van der Waals surface area contributed by atoms with Crippen LogP contribution >= 0.6 is 0 Å². The molecular weight excluding hydrogens is 368 g/mol. The van der Waals surface area contributed by atoms with Crippen LogP contribution in [0.1, 0.15) is 32.6 Å². The van der Waals surface area contributed by atoms with E-state index < -0.39 is 0 Å². The van der Waals surface area contributed by atoms with Crippen LogP contribution in [-0.2, 0) is 0 Å². The van der Waals surface area contributed by atoms with Gasteiger partial charge in [0.05, 0.1) is 7.11 Å². The van der Waals surface area contributed by atoms with Gasteiger partial charge in [0.15, 0.2) is 5.65 Å². The average molecular weight is 392 g/mol. The van der Waals surface area contributed by atoms with Crippen molar-refractivity contribution in [3.05, 3.63) is 36.9 Å². The topological polar surface area (TPSA) is 108 Å². The number of methoxy groups -OCH3 is 1. The number of anilines is 1. The Balaban J connectivity index is 1.49. The summed E-state index contributed by atoms with van der Waals surface area (Å²) < 4.78 is 9.17. The third-order valence-electron chi connectivity index (χ3n) is 5.72. The first-order valence-electron chi connectivity index (χ1n) is 9.81. The normalized spacial score (nSPS) is 22.2. The van der Waals surface area contributed by atoms with E-state index in [1.165, 1.54) is 6.33 Å². The van der Waals surface area contributed by atoms with Crippen LogP contribution in [0.25, 0.3) is 22.3 Å². The number of ether oxygens (including phenoxy) is 1. The number of aromatic nitrogens is 6. The van der Waals surface area contributed by atoms with Gasteiger partial charge in [0.1, 0.15) is 11.8 Å². The number of hydrogen-bond donors (Lipinski definition) is 2. The molecule has 1 saturated carbocycles. The van der Waals surface area contributed by atoms with Gasteiger partial charge in [-0.25, -0.2) is 14.0 Å². The molecule has 0 aromatic carbocycles. The molecule has 1 aliphatic rings. The third-order valence-corrected chi connectivity index (χ3v) is 5.72. The maximum atomic E-state index is 6.25. The Morgan fingerprint density at radius 1 is 1.21 bits per heavy atom. The van der Waals surface area contributed by atoms with Crippen LogP contribution in [0, 0.1) is 0 Å². The van der Waals surface area contributed by atoms with E-state index in [9.17, 15) is 0 Å². The summed E-state index contributed by atoms with van der Waals surface area (Å²) in [6.45, 7) is 2.12. The van der Waals surface area contributed by atoms with Gasteiger partial charge < -0.3 is 15.8 Å². The first-order valence-corrected chi connectivity index (χ1v) is 9.81. The predicted octanol–water partition coefficient (Wildman–Crippen LogP) is 2.52. The third kappa shape index (κ3) is 3.27. The van der Waals surface area contributed by atoms with E-state index in [1.54, 1.807) is 11.6 Å². The summed E-state index contributed by atoms with van der Waals surface area (Å²) in [7, 11) is 1.63. The quantitative estimate of drug-likeness (QED) is 0.549. The summed E-state index contributed by atoms with van der Waals surface area (Å²) in [4.78, 5) is 8.82. The highest BCUT2D eigenvalue weighted by Gasteiger charge is 2.28. The predicted molar refractivity (Wildman–Crippen MR) is 110 cm³/mol. The van der Waals surface area contributed by atoms with Crippen LogP contribution in [0.15, 0.2) is 36.9 Å². The summed E-state index contributed by atoms with van der Waals surface area (Å²) in [6, 6.07) is 6.27. The lowest BCUT2D eigenvalue weighted by molar-refractivity contribution is 0.304. The van der Waals surface area contributed by atoms with Crippen molar-refractivity contribution in [2.45, 2.75) is 44.2 Å². The highest BCUT2D eigenvalue weighted by atomic mass is 16.5. The van der Waals surface area contributed by atoms with E-state index in [0.29, 0.717) is 17.9 Å². The van der Waals surface area contributed by atoms with Crippen LogP contribution in [-0.4, -0.2) is 47.9 Å². The molecule has 9 nitrogen and oxygen atoms in total. The summed E-state index contributed by atoms with van der Waals surface area (Å²) in [5, 5.41) is 12.3. The zero-order valence-corrected chi connectivity index (χ0v) is 16.5. The maximum Gasteiger partial charge on any atom is 0.244 e. The van der Waals surface area contributed by atoms with Crippen LogP contribution in [0.3, 0.4) is 0 Å². The zero-order chi connectivity index (χ0) is 20.0. The number of rotatable bonds is 4. The monoisotopic (exact) mass is 392 g/mol. The standard InChI is InChI=1S/C20H24N8O/c1-20(21)8-5-14(6-9-20)24-19-25-18(29-2)17-15(7-10-27(17)26-19)13-3-4-16-22-12-23-28(16)11-13/h3-4,7,10-12,14H,5-6,8-9,21H2,1-2H3,(H,24,26). The Bertz CT molecular complexity index is 1170. The minimum Gasteiger partial charge on any atom is -0.479 e. The highest BCUT2D eigenvalue weighted by molar-refractivity contribution is 5.84. The Kier molecular flexibility index (Phi) is 4.13.